The zero-order valence-electron chi connectivity index (χ0n) is 13.9. The number of ether oxygens (including phenoxy) is 1. The summed E-state index contributed by atoms with van der Waals surface area (Å²) in [6.07, 6.45) is 4.36. The van der Waals surface area contributed by atoms with E-state index in [-0.39, 0.29) is 11.8 Å². The summed E-state index contributed by atoms with van der Waals surface area (Å²) in [5, 5.41) is 6.28. The first-order chi connectivity index (χ1) is 11.2. The van der Waals surface area contributed by atoms with E-state index in [1.54, 1.807) is 19.2 Å². The average molecular weight is 323 g/mol. The standard InChI is InChI=1S/C17H26FN3O2/c1-19-17(21-13-14-9-6-7-10-15(14)18)20-12-8-4-3-5-11-16(22)23-2/h6-7,9-10H,3-5,8,11-13H2,1-2H3,(H2,19,20,21). The zero-order chi connectivity index (χ0) is 16.9. The molecular weight excluding hydrogens is 297 g/mol. The van der Waals surface area contributed by atoms with Gasteiger partial charge < -0.3 is 15.4 Å². The van der Waals surface area contributed by atoms with Gasteiger partial charge in [0.2, 0.25) is 0 Å². The molecule has 0 atom stereocenters. The van der Waals surface area contributed by atoms with Crippen molar-refractivity contribution in [3.63, 3.8) is 0 Å². The molecule has 0 spiro atoms. The van der Waals surface area contributed by atoms with Gasteiger partial charge in [0.15, 0.2) is 5.96 Å². The Morgan fingerprint density at radius 2 is 1.91 bits per heavy atom. The minimum atomic E-state index is -0.221. The lowest BCUT2D eigenvalue weighted by molar-refractivity contribution is -0.140. The molecule has 0 radical (unpaired) electrons. The van der Waals surface area contributed by atoms with Crippen LogP contribution in [0.25, 0.3) is 0 Å². The van der Waals surface area contributed by atoms with Gasteiger partial charge in [0.05, 0.1) is 7.11 Å². The Morgan fingerprint density at radius 1 is 1.17 bits per heavy atom. The lowest BCUT2D eigenvalue weighted by Gasteiger charge is -2.12. The molecule has 2 N–H and O–H groups in total. The van der Waals surface area contributed by atoms with Crippen molar-refractivity contribution < 1.29 is 13.9 Å². The summed E-state index contributed by atoms with van der Waals surface area (Å²) in [6, 6.07) is 6.68. The molecule has 0 aliphatic carbocycles. The van der Waals surface area contributed by atoms with Crippen molar-refractivity contribution in [3.8, 4) is 0 Å². The molecule has 0 unspecified atom stereocenters. The molecule has 128 valence electrons. The van der Waals surface area contributed by atoms with Crippen molar-refractivity contribution in [2.75, 3.05) is 20.7 Å². The van der Waals surface area contributed by atoms with Gasteiger partial charge in [-0.15, -0.1) is 0 Å². The maximum atomic E-state index is 13.5. The van der Waals surface area contributed by atoms with Crippen molar-refractivity contribution >= 4 is 11.9 Å². The number of halogens is 1. The molecule has 1 aromatic rings. The summed E-state index contributed by atoms with van der Waals surface area (Å²) in [5.74, 6) is 0.282. The van der Waals surface area contributed by atoms with Crippen LogP contribution in [-0.4, -0.2) is 32.6 Å². The predicted molar refractivity (Wildman–Crippen MR) is 89.7 cm³/mol. The van der Waals surface area contributed by atoms with Gasteiger partial charge >= 0.3 is 5.97 Å². The van der Waals surface area contributed by atoms with Crippen LogP contribution in [0.1, 0.15) is 37.7 Å². The van der Waals surface area contributed by atoms with Crippen molar-refractivity contribution in [1.82, 2.24) is 10.6 Å². The number of benzene rings is 1. The predicted octanol–water partition coefficient (Wildman–Crippen LogP) is 2.61. The molecule has 0 aromatic heterocycles. The lowest BCUT2D eigenvalue weighted by Crippen LogP contribution is -2.37. The van der Waals surface area contributed by atoms with Crippen LogP contribution in [0.5, 0.6) is 0 Å². The SMILES string of the molecule is CN=C(NCCCCCCC(=O)OC)NCc1ccccc1F. The topological polar surface area (TPSA) is 62.7 Å². The van der Waals surface area contributed by atoms with Crippen molar-refractivity contribution in [3.05, 3.63) is 35.6 Å². The number of esters is 1. The number of rotatable bonds is 9. The van der Waals surface area contributed by atoms with Crippen molar-refractivity contribution in [2.45, 2.75) is 38.6 Å². The summed E-state index contributed by atoms with van der Waals surface area (Å²) < 4.78 is 18.1. The van der Waals surface area contributed by atoms with E-state index in [9.17, 15) is 9.18 Å². The van der Waals surface area contributed by atoms with E-state index < -0.39 is 0 Å². The molecule has 0 bridgehead atoms. The largest absolute Gasteiger partial charge is 0.469 e. The van der Waals surface area contributed by atoms with E-state index in [0.717, 1.165) is 32.2 Å². The van der Waals surface area contributed by atoms with Gasteiger partial charge in [-0.3, -0.25) is 9.79 Å². The van der Waals surface area contributed by atoms with Gasteiger partial charge in [-0.05, 0) is 18.9 Å². The molecule has 0 amide bonds. The highest BCUT2D eigenvalue weighted by molar-refractivity contribution is 5.79. The Morgan fingerprint density at radius 3 is 2.61 bits per heavy atom. The van der Waals surface area contributed by atoms with E-state index in [1.807, 2.05) is 6.07 Å². The molecule has 6 heteroatoms. The third-order valence-corrected chi connectivity index (χ3v) is 3.46. The fourth-order valence-corrected chi connectivity index (χ4v) is 2.10. The smallest absolute Gasteiger partial charge is 0.305 e. The molecule has 0 aliphatic heterocycles. The molecule has 23 heavy (non-hydrogen) atoms. The molecule has 5 nitrogen and oxygen atoms in total. The number of nitrogens with one attached hydrogen (secondary N) is 2. The van der Waals surface area contributed by atoms with Crippen LogP contribution in [-0.2, 0) is 16.1 Å². The Kier molecular flexibility index (Phi) is 9.43. The minimum absolute atomic E-state index is 0.152. The molecule has 0 heterocycles. The van der Waals surface area contributed by atoms with Crippen LogP contribution in [0.2, 0.25) is 0 Å². The van der Waals surface area contributed by atoms with Gasteiger partial charge in [-0.25, -0.2) is 4.39 Å². The van der Waals surface area contributed by atoms with Crippen LogP contribution >= 0.6 is 0 Å². The number of hydrogen-bond acceptors (Lipinski definition) is 3. The zero-order valence-corrected chi connectivity index (χ0v) is 13.9. The van der Waals surface area contributed by atoms with E-state index in [2.05, 4.69) is 20.4 Å². The van der Waals surface area contributed by atoms with Crippen LogP contribution in [0, 0.1) is 5.82 Å². The summed E-state index contributed by atoms with van der Waals surface area (Å²) in [7, 11) is 3.10. The van der Waals surface area contributed by atoms with Gasteiger partial charge in [-0.1, -0.05) is 31.0 Å². The van der Waals surface area contributed by atoms with E-state index in [1.165, 1.54) is 13.2 Å². The number of guanidine groups is 1. The third-order valence-electron chi connectivity index (χ3n) is 3.46. The quantitative estimate of drug-likeness (QED) is 0.317. The highest BCUT2D eigenvalue weighted by atomic mass is 19.1. The van der Waals surface area contributed by atoms with Crippen LogP contribution in [0.15, 0.2) is 29.3 Å². The maximum Gasteiger partial charge on any atom is 0.305 e. The highest BCUT2D eigenvalue weighted by Gasteiger charge is 2.02. The molecule has 0 aliphatic rings. The molecule has 1 aromatic carbocycles. The van der Waals surface area contributed by atoms with Crippen molar-refractivity contribution in [2.24, 2.45) is 4.99 Å². The highest BCUT2D eigenvalue weighted by Crippen LogP contribution is 2.05. The summed E-state index contributed by atoms with van der Waals surface area (Å²) >= 11 is 0. The maximum absolute atomic E-state index is 13.5. The van der Waals surface area contributed by atoms with Crippen molar-refractivity contribution in [1.29, 1.82) is 0 Å². The molecule has 0 saturated heterocycles. The first-order valence-corrected chi connectivity index (χ1v) is 7.92. The second-order valence-corrected chi connectivity index (χ2v) is 5.18. The number of aliphatic imine (C=N–C) groups is 1. The summed E-state index contributed by atoms with van der Waals surface area (Å²) in [5.41, 5.74) is 0.610. The number of carbonyl (C=O) groups excluding carboxylic acids is 1. The average Bonchev–Trinajstić information content (AvgIpc) is 2.57. The van der Waals surface area contributed by atoms with Crippen LogP contribution in [0.4, 0.5) is 4.39 Å². The first kappa shape index (κ1) is 18.9. The van der Waals surface area contributed by atoms with Crippen LogP contribution < -0.4 is 10.6 Å². The Labute approximate surface area is 137 Å². The first-order valence-electron chi connectivity index (χ1n) is 7.92. The molecule has 0 fully saturated rings. The van der Waals surface area contributed by atoms with Crippen LogP contribution in [0.3, 0.4) is 0 Å². The number of nitrogens with zero attached hydrogens (tertiary/aromatic N) is 1. The number of unbranched alkanes of at least 4 members (excludes halogenated alkanes) is 3. The number of methoxy groups -OCH3 is 1. The normalized spacial score (nSPS) is 11.2. The summed E-state index contributed by atoms with van der Waals surface area (Å²) in [4.78, 5) is 15.1. The Hall–Kier alpha value is -2.11. The Bertz CT molecular complexity index is 506. The van der Waals surface area contributed by atoms with Gasteiger partial charge in [0, 0.05) is 32.1 Å². The lowest BCUT2D eigenvalue weighted by atomic mass is 10.1. The number of hydrogen-bond donors (Lipinski definition) is 2. The van der Waals surface area contributed by atoms with E-state index in [0.29, 0.717) is 24.5 Å². The second kappa shape index (κ2) is 11.5. The second-order valence-electron chi connectivity index (χ2n) is 5.18. The number of carbonyl (C=O) groups is 1. The minimum Gasteiger partial charge on any atom is -0.469 e. The Balaban J connectivity index is 2.13. The fraction of sp³-hybridized carbons (Fsp3) is 0.529. The molecular formula is C17H26FN3O2. The van der Waals surface area contributed by atoms with Gasteiger partial charge in [0.1, 0.15) is 5.82 Å². The van der Waals surface area contributed by atoms with E-state index in [4.69, 9.17) is 0 Å². The van der Waals surface area contributed by atoms with Gasteiger partial charge in [-0.2, -0.15) is 0 Å². The third kappa shape index (κ3) is 8.18. The van der Waals surface area contributed by atoms with Gasteiger partial charge in [0.25, 0.3) is 0 Å². The van der Waals surface area contributed by atoms with E-state index >= 15 is 0 Å². The molecule has 0 saturated carbocycles. The molecule has 1 rings (SSSR count). The monoisotopic (exact) mass is 323 g/mol. The fourth-order valence-electron chi connectivity index (χ4n) is 2.10. The summed E-state index contributed by atoms with van der Waals surface area (Å²) in [6.45, 7) is 1.18.